The minimum absolute atomic E-state index is 0.00947. The molecule has 2 aliphatic rings. The number of H-pyrrole nitrogens is 1. The molecule has 0 spiro atoms. The molecule has 2 amide bonds. The number of nitrogens with one attached hydrogen (secondary N) is 1. The third-order valence-corrected chi connectivity index (χ3v) is 8.40. The lowest BCUT2D eigenvalue weighted by molar-refractivity contribution is -0.134. The number of nitrogens with zero attached hydrogens (tertiary/aromatic N) is 2. The number of aromatic nitrogens is 1. The molecule has 1 saturated heterocycles. The monoisotopic (exact) mass is 482 g/mol. The summed E-state index contributed by atoms with van der Waals surface area (Å²) in [6, 6.07) is 12.0. The fourth-order valence-corrected chi connectivity index (χ4v) is 6.22. The Hall–Kier alpha value is -3.37. The number of amides is 2. The van der Waals surface area contributed by atoms with Crippen LogP contribution in [0, 0.1) is 0 Å². The van der Waals surface area contributed by atoms with E-state index in [0.717, 1.165) is 35.0 Å². The van der Waals surface area contributed by atoms with Crippen LogP contribution in [0.1, 0.15) is 34.5 Å². The number of benzene rings is 2. The highest BCUT2D eigenvalue weighted by Gasteiger charge is 2.29. The predicted octanol–water partition coefficient (Wildman–Crippen LogP) is 2.02. The van der Waals surface area contributed by atoms with E-state index in [-0.39, 0.29) is 28.7 Å². The van der Waals surface area contributed by atoms with Crippen molar-refractivity contribution < 1.29 is 22.7 Å². The van der Waals surface area contributed by atoms with Crippen molar-refractivity contribution in [1.82, 2.24) is 14.2 Å². The van der Waals surface area contributed by atoms with Crippen molar-refractivity contribution in [2.75, 3.05) is 26.2 Å². The van der Waals surface area contributed by atoms with Crippen LogP contribution in [0.25, 0.3) is 10.9 Å². The number of carbonyl (C=O) groups is 2. The molecular formula is C24H26N4O5S. The smallest absolute Gasteiger partial charge is 0.260 e. The fraction of sp³-hybridized carbons (Fsp3) is 0.333. The largest absolute Gasteiger partial charge is 0.483 e. The molecule has 1 aromatic heterocycles. The van der Waals surface area contributed by atoms with Crippen molar-refractivity contribution in [2.45, 2.75) is 30.7 Å². The molecule has 0 unspecified atom stereocenters. The van der Waals surface area contributed by atoms with Gasteiger partial charge in [0.15, 0.2) is 6.61 Å². The number of hydrogen-bond acceptors (Lipinski definition) is 5. The third kappa shape index (κ3) is 4.03. The predicted molar refractivity (Wildman–Crippen MR) is 126 cm³/mol. The zero-order chi connectivity index (χ0) is 23.9. The van der Waals surface area contributed by atoms with Crippen molar-refractivity contribution in [3.05, 3.63) is 59.3 Å². The Bertz CT molecular complexity index is 1380. The molecule has 9 nitrogen and oxygen atoms in total. The average molecular weight is 483 g/mol. The molecular weight excluding hydrogens is 456 g/mol. The molecule has 0 saturated carbocycles. The molecule has 2 aliphatic heterocycles. The van der Waals surface area contributed by atoms with E-state index in [1.54, 1.807) is 4.90 Å². The molecule has 3 N–H and O–H groups in total. The number of sulfonamides is 1. The standard InChI is InChI=1S/C24H26N4O5S/c25-24(30)18-13-16(34(31,32)28-10-3-4-11-28)7-8-22(18)33-15-23(29)27-12-9-21-19(14-27)17-5-1-2-6-20(17)26-21/h1-2,5-8,13,26H,3-4,9-12,14-15H2,(H2,25,30). The number of ether oxygens (including phenoxy) is 1. The molecule has 2 aromatic carbocycles. The maximum absolute atomic E-state index is 12.9. The quantitative estimate of drug-likeness (QED) is 0.556. The number of hydrogen-bond donors (Lipinski definition) is 2. The topological polar surface area (TPSA) is 126 Å². The average Bonchev–Trinajstić information content (AvgIpc) is 3.50. The van der Waals surface area contributed by atoms with Crippen LogP contribution in [0.2, 0.25) is 0 Å². The number of aromatic amines is 1. The molecule has 34 heavy (non-hydrogen) atoms. The summed E-state index contributed by atoms with van der Waals surface area (Å²) < 4.78 is 32.7. The van der Waals surface area contributed by atoms with Gasteiger partial charge in [-0.3, -0.25) is 9.59 Å². The van der Waals surface area contributed by atoms with Crippen molar-refractivity contribution in [1.29, 1.82) is 0 Å². The summed E-state index contributed by atoms with van der Waals surface area (Å²) in [6.45, 7) is 1.65. The summed E-state index contributed by atoms with van der Waals surface area (Å²) >= 11 is 0. The summed E-state index contributed by atoms with van der Waals surface area (Å²) in [5, 5.41) is 1.10. The second kappa shape index (κ2) is 8.77. The van der Waals surface area contributed by atoms with Gasteiger partial charge in [-0.25, -0.2) is 8.42 Å². The van der Waals surface area contributed by atoms with Gasteiger partial charge in [0.2, 0.25) is 10.0 Å². The normalized spacial score (nSPS) is 16.5. The fourth-order valence-electron chi connectivity index (χ4n) is 4.68. The van der Waals surface area contributed by atoms with E-state index < -0.39 is 15.9 Å². The van der Waals surface area contributed by atoms with Crippen molar-refractivity contribution >= 4 is 32.7 Å². The number of carbonyl (C=O) groups excluding carboxylic acids is 2. The Morgan fingerprint density at radius 2 is 1.82 bits per heavy atom. The summed E-state index contributed by atoms with van der Waals surface area (Å²) in [7, 11) is -3.71. The van der Waals surface area contributed by atoms with Crippen LogP contribution in [0.5, 0.6) is 5.75 Å². The van der Waals surface area contributed by atoms with Crippen molar-refractivity contribution in [3.63, 3.8) is 0 Å². The third-order valence-electron chi connectivity index (χ3n) is 6.51. The van der Waals surface area contributed by atoms with Gasteiger partial charge in [0.25, 0.3) is 11.8 Å². The first kappa shape index (κ1) is 22.4. The van der Waals surface area contributed by atoms with E-state index in [9.17, 15) is 18.0 Å². The molecule has 0 bridgehead atoms. The van der Waals surface area contributed by atoms with Crippen LogP contribution < -0.4 is 10.5 Å². The van der Waals surface area contributed by atoms with Crippen LogP contribution in [0.4, 0.5) is 0 Å². The number of para-hydroxylation sites is 1. The van der Waals surface area contributed by atoms with E-state index in [0.29, 0.717) is 32.6 Å². The highest BCUT2D eigenvalue weighted by Crippen LogP contribution is 2.29. The second-order valence-electron chi connectivity index (χ2n) is 8.62. The lowest BCUT2D eigenvalue weighted by Gasteiger charge is -2.27. The summed E-state index contributed by atoms with van der Waals surface area (Å²) in [5.41, 5.74) is 8.72. The van der Waals surface area contributed by atoms with Gasteiger partial charge in [0.1, 0.15) is 5.75 Å². The first-order chi connectivity index (χ1) is 16.3. The van der Waals surface area contributed by atoms with Crippen molar-refractivity contribution in [2.24, 2.45) is 5.73 Å². The first-order valence-corrected chi connectivity index (χ1v) is 12.7. The van der Waals surface area contributed by atoms with Gasteiger partial charge in [-0.05, 0) is 37.1 Å². The number of rotatable bonds is 6. The van der Waals surface area contributed by atoms with Crippen LogP contribution in [-0.2, 0) is 27.8 Å². The maximum Gasteiger partial charge on any atom is 0.260 e. The van der Waals surface area contributed by atoms with E-state index in [2.05, 4.69) is 4.98 Å². The van der Waals surface area contributed by atoms with Crippen LogP contribution in [-0.4, -0.2) is 60.7 Å². The lowest BCUT2D eigenvalue weighted by atomic mass is 10.0. The van der Waals surface area contributed by atoms with Crippen LogP contribution in [0.15, 0.2) is 47.4 Å². The number of fused-ring (bicyclic) bond motifs is 3. The lowest BCUT2D eigenvalue weighted by Crippen LogP contribution is -2.38. The maximum atomic E-state index is 12.9. The van der Waals surface area contributed by atoms with E-state index in [1.165, 1.54) is 22.5 Å². The minimum atomic E-state index is -3.71. The molecule has 3 heterocycles. The molecule has 0 radical (unpaired) electrons. The van der Waals surface area contributed by atoms with Crippen LogP contribution in [0.3, 0.4) is 0 Å². The Morgan fingerprint density at radius 1 is 1.06 bits per heavy atom. The second-order valence-corrected chi connectivity index (χ2v) is 10.6. The molecule has 0 atom stereocenters. The summed E-state index contributed by atoms with van der Waals surface area (Å²) in [5.74, 6) is -0.951. The molecule has 0 aliphatic carbocycles. The van der Waals surface area contributed by atoms with Gasteiger partial charge in [-0.15, -0.1) is 0 Å². The Labute approximate surface area is 197 Å². The van der Waals surface area contributed by atoms with Gasteiger partial charge < -0.3 is 20.4 Å². The molecule has 5 rings (SSSR count). The molecule has 1 fully saturated rings. The summed E-state index contributed by atoms with van der Waals surface area (Å²) in [4.78, 5) is 30.1. The first-order valence-electron chi connectivity index (χ1n) is 11.3. The SMILES string of the molecule is NC(=O)c1cc(S(=O)(=O)N2CCCC2)ccc1OCC(=O)N1CCc2[nH]c3ccccc3c2C1. The van der Waals surface area contributed by atoms with Gasteiger partial charge in [0.05, 0.1) is 10.5 Å². The van der Waals surface area contributed by atoms with E-state index >= 15 is 0 Å². The molecule has 178 valence electrons. The summed E-state index contributed by atoms with van der Waals surface area (Å²) in [6.07, 6.45) is 2.33. The zero-order valence-electron chi connectivity index (χ0n) is 18.6. The van der Waals surface area contributed by atoms with Crippen molar-refractivity contribution in [3.8, 4) is 5.75 Å². The van der Waals surface area contributed by atoms with Crippen LogP contribution >= 0.6 is 0 Å². The highest BCUT2D eigenvalue weighted by atomic mass is 32.2. The Kier molecular flexibility index (Phi) is 5.78. The molecule has 10 heteroatoms. The Balaban J connectivity index is 1.31. The number of nitrogens with two attached hydrogens (primary N) is 1. The Morgan fingerprint density at radius 3 is 2.59 bits per heavy atom. The molecule has 3 aromatic rings. The van der Waals surface area contributed by atoms with E-state index in [1.807, 2.05) is 24.3 Å². The zero-order valence-corrected chi connectivity index (χ0v) is 19.4. The van der Waals surface area contributed by atoms with Gasteiger partial charge in [-0.1, -0.05) is 18.2 Å². The van der Waals surface area contributed by atoms with Gasteiger partial charge >= 0.3 is 0 Å². The van der Waals surface area contributed by atoms with Gasteiger partial charge in [0, 0.05) is 54.8 Å². The van der Waals surface area contributed by atoms with Gasteiger partial charge in [-0.2, -0.15) is 4.31 Å². The highest BCUT2D eigenvalue weighted by molar-refractivity contribution is 7.89. The number of primary amides is 1. The minimum Gasteiger partial charge on any atom is -0.483 e. The van der Waals surface area contributed by atoms with E-state index in [4.69, 9.17) is 10.5 Å².